The van der Waals surface area contributed by atoms with E-state index in [9.17, 15) is 13.6 Å². The van der Waals surface area contributed by atoms with Crippen LogP contribution in [0.4, 0.5) is 14.6 Å². The van der Waals surface area contributed by atoms with Crippen molar-refractivity contribution in [1.82, 2.24) is 9.97 Å². The van der Waals surface area contributed by atoms with Crippen LogP contribution in [-0.4, -0.2) is 30.0 Å². The molecule has 0 aliphatic rings. The predicted molar refractivity (Wildman–Crippen MR) is 49.1 cm³/mol. The summed E-state index contributed by atoms with van der Waals surface area (Å²) in [5.41, 5.74) is -0.544. The molecule has 0 aliphatic heterocycles. The van der Waals surface area contributed by atoms with Crippen molar-refractivity contribution in [3.63, 3.8) is 0 Å². The van der Waals surface area contributed by atoms with Gasteiger partial charge >= 0.3 is 0 Å². The summed E-state index contributed by atoms with van der Waals surface area (Å²) in [7, 11) is 1.39. The van der Waals surface area contributed by atoms with Crippen LogP contribution in [0.25, 0.3) is 0 Å². The van der Waals surface area contributed by atoms with Gasteiger partial charge in [-0.25, -0.2) is 13.8 Å². The van der Waals surface area contributed by atoms with Gasteiger partial charge in [0.1, 0.15) is 5.02 Å². The standard InChI is InChI=1S/C7H8ClF2N3O/c1-13(2-4(9)10)6-5(8)7(14)12-3-11-6/h3-4H,2H2,1H3,(H,11,12,14). The molecule has 0 radical (unpaired) electrons. The van der Waals surface area contributed by atoms with E-state index in [1.54, 1.807) is 0 Å². The average molecular weight is 224 g/mol. The van der Waals surface area contributed by atoms with E-state index < -0.39 is 18.5 Å². The average Bonchev–Trinajstić information content (AvgIpc) is 2.08. The van der Waals surface area contributed by atoms with E-state index in [1.807, 2.05) is 0 Å². The highest BCUT2D eigenvalue weighted by Crippen LogP contribution is 2.17. The van der Waals surface area contributed by atoms with E-state index in [1.165, 1.54) is 7.05 Å². The second-order valence-corrected chi connectivity index (χ2v) is 3.02. The van der Waals surface area contributed by atoms with Crippen molar-refractivity contribution in [2.24, 2.45) is 0 Å². The molecule has 0 atom stereocenters. The molecule has 1 rings (SSSR count). The Labute approximate surface area is 83.5 Å². The van der Waals surface area contributed by atoms with Crippen molar-refractivity contribution in [2.75, 3.05) is 18.5 Å². The normalized spacial score (nSPS) is 10.6. The summed E-state index contributed by atoms with van der Waals surface area (Å²) in [5.74, 6) is 0.0516. The molecule has 0 saturated carbocycles. The van der Waals surface area contributed by atoms with E-state index in [2.05, 4.69) is 9.97 Å². The summed E-state index contributed by atoms with van der Waals surface area (Å²) in [5, 5.41) is -0.185. The molecular weight excluding hydrogens is 216 g/mol. The van der Waals surface area contributed by atoms with Gasteiger partial charge in [-0.05, 0) is 0 Å². The fraction of sp³-hybridized carbons (Fsp3) is 0.429. The number of alkyl halides is 2. The van der Waals surface area contributed by atoms with E-state index in [4.69, 9.17) is 11.6 Å². The molecule has 0 saturated heterocycles. The molecule has 1 N–H and O–H groups in total. The van der Waals surface area contributed by atoms with Gasteiger partial charge in [-0.1, -0.05) is 11.6 Å². The minimum atomic E-state index is -2.50. The molecule has 7 heteroatoms. The Balaban J connectivity index is 2.95. The molecule has 1 heterocycles. The van der Waals surface area contributed by atoms with Gasteiger partial charge in [0.2, 0.25) is 0 Å². The molecule has 14 heavy (non-hydrogen) atoms. The highest BCUT2D eigenvalue weighted by molar-refractivity contribution is 6.32. The maximum absolute atomic E-state index is 12.0. The second kappa shape index (κ2) is 4.36. The Morgan fingerprint density at radius 2 is 2.36 bits per heavy atom. The third-order valence-corrected chi connectivity index (χ3v) is 1.89. The highest BCUT2D eigenvalue weighted by atomic mass is 35.5. The summed E-state index contributed by atoms with van der Waals surface area (Å²) < 4.78 is 24.0. The molecule has 0 fully saturated rings. The zero-order valence-corrected chi connectivity index (χ0v) is 8.05. The number of aromatic nitrogens is 2. The Morgan fingerprint density at radius 1 is 1.71 bits per heavy atom. The number of halogens is 3. The smallest absolute Gasteiger partial charge is 0.271 e. The van der Waals surface area contributed by atoms with Crippen LogP contribution in [0.15, 0.2) is 11.1 Å². The van der Waals surface area contributed by atoms with Crippen molar-refractivity contribution < 1.29 is 8.78 Å². The predicted octanol–water partition coefficient (Wildman–Crippen LogP) is 1.12. The van der Waals surface area contributed by atoms with Crippen LogP contribution in [-0.2, 0) is 0 Å². The van der Waals surface area contributed by atoms with E-state index in [0.29, 0.717) is 0 Å². The molecule has 1 aromatic heterocycles. The molecule has 78 valence electrons. The summed E-state index contributed by atoms with van der Waals surface area (Å²) in [6, 6.07) is 0. The first-order valence-electron chi connectivity index (χ1n) is 3.75. The summed E-state index contributed by atoms with van der Waals surface area (Å²) in [6.45, 7) is -0.518. The van der Waals surface area contributed by atoms with Crippen LogP contribution in [0, 0.1) is 0 Å². The molecule has 4 nitrogen and oxygen atoms in total. The topological polar surface area (TPSA) is 49.0 Å². The zero-order valence-electron chi connectivity index (χ0n) is 7.30. The third kappa shape index (κ3) is 2.41. The maximum Gasteiger partial charge on any atom is 0.271 e. The van der Waals surface area contributed by atoms with Gasteiger partial charge in [0.15, 0.2) is 5.82 Å². The van der Waals surface area contributed by atoms with Gasteiger partial charge in [-0.2, -0.15) is 0 Å². The lowest BCUT2D eigenvalue weighted by atomic mass is 10.5. The fourth-order valence-corrected chi connectivity index (χ4v) is 1.18. The third-order valence-electron chi connectivity index (χ3n) is 1.55. The summed E-state index contributed by atoms with van der Waals surface area (Å²) >= 11 is 5.58. The fourth-order valence-electron chi connectivity index (χ4n) is 0.933. The Kier molecular flexibility index (Phi) is 3.40. The lowest BCUT2D eigenvalue weighted by molar-refractivity contribution is 0.156. The van der Waals surface area contributed by atoms with Crippen LogP contribution in [0.1, 0.15) is 0 Å². The van der Waals surface area contributed by atoms with E-state index in [-0.39, 0.29) is 10.8 Å². The van der Waals surface area contributed by atoms with Gasteiger partial charge in [0.05, 0.1) is 12.9 Å². The van der Waals surface area contributed by atoms with Crippen LogP contribution in [0.2, 0.25) is 5.02 Å². The van der Waals surface area contributed by atoms with Crippen LogP contribution < -0.4 is 10.5 Å². The maximum atomic E-state index is 12.0. The number of anilines is 1. The number of hydrogen-bond donors (Lipinski definition) is 1. The number of aromatic amines is 1. The lowest BCUT2D eigenvalue weighted by Gasteiger charge is -2.17. The van der Waals surface area contributed by atoms with Crippen LogP contribution in [0.5, 0.6) is 0 Å². The Hall–Kier alpha value is -1.17. The minimum Gasteiger partial charge on any atom is -0.352 e. The van der Waals surface area contributed by atoms with Gasteiger partial charge in [-0.3, -0.25) is 4.79 Å². The van der Waals surface area contributed by atoms with Crippen molar-refractivity contribution >= 4 is 17.4 Å². The number of hydrogen-bond acceptors (Lipinski definition) is 3. The van der Waals surface area contributed by atoms with E-state index >= 15 is 0 Å². The first-order chi connectivity index (χ1) is 6.52. The molecular formula is C7H8ClF2N3O. The van der Waals surface area contributed by atoms with Crippen molar-refractivity contribution in [1.29, 1.82) is 0 Å². The monoisotopic (exact) mass is 223 g/mol. The van der Waals surface area contributed by atoms with Crippen molar-refractivity contribution in [2.45, 2.75) is 6.43 Å². The first-order valence-corrected chi connectivity index (χ1v) is 4.12. The molecule has 1 aromatic rings. The molecule has 0 aliphatic carbocycles. The molecule has 0 aromatic carbocycles. The number of nitrogens with zero attached hydrogens (tertiary/aromatic N) is 2. The lowest BCUT2D eigenvalue weighted by Crippen LogP contribution is -2.27. The largest absolute Gasteiger partial charge is 0.352 e. The van der Waals surface area contributed by atoms with Gasteiger partial charge < -0.3 is 9.88 Å². The van der Waals surface area contributed by atoms with Crippen LogP contribution in [0.3, 0.4) is 0 Å². The highest BCUT2D eigenvalue weighted by Gasteiger charge is 2.14. The first kappa shape index (κ1) is 10.9. The minimum absolute atomic E-state index is 0.0516. The van der Waals surface area contributed by atoms with Crippen molar-refractivity contribution in [3.8, 4) is 0 Å². The van der Waals surface area contributed by atoms with Crippen molar-refractivity contribution in [3.05, 3.63) is 21.7 Å². The van der Waals surface area contributed by atoms with Gasteiger partial charge in [0, 0.05) is 7.05 Å². The summed E-state index contributed by atoms with van der Waals surface area (Å²) in [6.07, 6.45) is -1.39. The molecule has 0 amide bonds. The number of nitrogens with one attached hydrogen (secondary N) is 1. The molecule has 0 bridgehead atoms. The van der Waals surface area contributed by atoms with Gasteiger partial charge in [-0.15, -0.1) is 0 Å². The number of H-pyrrole nitrogens is 1. The van der Waals surface area contributed by atoms with Crippen LogP contribution >= 0.6 is 11.6 Å². The SMILES string of the molecule is CN(CC(F)F)c1nc[nH]c(=O)c1Cl. The van der Waals surface area contributed by atoms with E-state index in [0.717, 1.165) is 11.2 Å². The Bertz CT molecular complexity index is 368. The summed E-state index contributed by atoms with van der Waals surface area (Å²) in [4.78, 5) is 18.0. The van der Waals surface area contributed by atoms with Gasteiger partial charge in [0.25, 0.3) is 12.0 Å². The molecule has 0 unspecified atom stereocenters. The zero-order chi connectivity index (χ0) is 10.7. The molecule has 0 spiro atoms. The quantitative estimate of drug-likeness (QED) is 0.836. The second-order valence-electron chi connectivity index (χ2n) is 2.64. The number of rotatable bonds is 3. The Morgan fingerprint density at radius 3 is 2.93 bits per heavy atom.